The van der Waals surface area contributed by atoms with Gasteiger partial charge in [-0.05, 0) is 47.0 Å². The Morgan fingerprint density at radius 2 is 2.00 bits per heavy atom. The summed E-state index contributed by atoms with van der Waals surface area (Å²) >= 11 is 9.34. The van der Waals surface area contributed by atoms with E-state index in [0.29, 0.717) is 10.9 Å². The minimum absolute atomic E-state index is 0.450. The van der Waals surface area contributed by atoms with Gasteiger partial charge in [0.2, 0.25) is 0 Å². The molecule has 1 aliphatic carbocycles. The van der Waals surface area contributed by atoms with Crippen LogP contribution in [-0.4, -0.2) is 5.84 Å². The molecular formula is C13H16BrClN2. The highest BCUT2D eigenvalue weighted by Crippen LogP contribution is 2.30. The Kier molecular flexibility index (Phi) is 4.46. The quantitative estimate of drug-likeness (QED) is 0.625. The molecule has 92 valence electrons. The first-order valence-electron chi connectivity index (χ1n) is 5.96. The van der Waals surface area contributed by atoms with Gasteiger partial charge in [0.15, 0.2) is 0 Å². The lowest BCUT2D eigenvalue weighted by Crippen LogP contribution is -2.25. The lowest BCUT2D eigenvalue weighted by Gasteiger charge is -2.20. The fraction of sp³-hybridized carbons (Fsp3) is 0.462. The highest BCUT2D eigenvalue weighted by Gasteiger charge is 2.17. The number of rotatable bonds is 2. The van der Waals surface area contributed by atoms with E-state index in [4.69, 9.17) is 17.3 Å². The molecule has 0 atom stereocenters. The number of aliphatic imine (C=N–C) groups is 1. The van der Waals surface area contributed by atoms with Gasteiger partial charge in [-0.25, -0.2) is 4.99 Å². The topological polar surface area (TPSA) is 38.4 Å². The van der Waals surface area contributed by atoms with Crippen molar-refractivity contribution in [3.05, 3.63) is 27.7 Å². The summed E-state index contributed by atoms with van der Waals surface area (Å²) < 4.78 is 0.892. The lowest BCUT2D eigenvalue weighted by molar-refractivity contribution is 0.437. The Hall–Kier alpha value is -0.540. The van der Waals surface area contributed by atoms with E-state index in [9.17, 15) is 0 Å². The second-order valence-electron chi connectivity index (χ2n) is 4.47. The molecule has 0 aliphatic heterocycles. The number of nitrogens with zero attached hydrogens (tertiary/aromatic N) is 1. The maximum Gasteiger partial charge on any atom is 0.103 e. The maximum atomic E-state index is 6.08. The minimum atomic E-state index is 0.450. The van der Waals surface area contributed by atoms with Crippen LogP contribution in [-0.2, 0) is 0 Å². The average molecular weight is 316 g/mol. The molecule has 0 radical (unpaired) electrons. The molecule has 17 heavy (non-hydrogen) atoms. The zero-order chi connectivity index (χ0) is 12.3. The van der Waals surface area contributed by atoms with E-state index in [2.05, 4.69) is 20.9 Å². The van der Waals surface area contributed by atoms with Gasteiger partial charge in [-0.1, -0.05) is 30.9 Å². The molecule has 1 aromatic rings. The van der Waals surface area contributed by atoms with E-state index in [1.54, 1.807) is 0 Å². The summed E-state index contributed by atoms with van der Waals surface area (Å²) in [5.41, 5.74) is 6.94. The lowest BCUT2D eigenvalue weighted by atomic mass is 9.88. The molecule has 0 heterocycles. The molecule has 0 aromatic heterocycles. The Morgan fingerprint density at radius 1 is 1.29 bits per heavy atom. The molecule has 1 saturated carbocycles. The summed E-state index contributed by atoms with van der Waals surface area (Å²) in [7, 11) is 0. The third kappa shape index (κ3) is 3.46. The fourth-order valence-corrected chi connectivity index (χ4v) is 2.97. The molecule has 1 aromatic carbocycles. The third-order valence-electron chi connectivity index (χ3n) is 3.18. The van der Waals surface area contributed by atoms with Crippen LogP contribution in [0.25, 0.3) is 0 Å². The zero-order valence-corrected chi connectivity index (χ0v) is 12.0. The van der Waals surface area contributed by atoms with Crippen LogP contribution >= 0.6 is 27.5 Å². The van der Waals surface area contributed by atoms with Crippen LogP contribution in [0.3, 0.4) is 0 Å². The molecule has 1 aliphatic rings. The van der Waals surface area contributed by atoms with E-state index in [1.165, 1.54) is 32.1 Å². The molecule has 0 bridgehead atoms. The van der Waals surface area contributed by atoms with Crippen molar-refractivity contribution < 1.29 is 0 Å². The molecule has 4 heteroatoms. The molecule has 0 saturated heterocycles. The Balaban J connectivity index is 2.16. The summed E-state index contributed by atoms with van der Waals surface area (Å²) in [6, 6.07) is 5.57. The van der Waals surface area contributed by atoms with Gasteiger partial charge in [0.05, 0.1) is 5.69 Å². The Morgan fingerprint density at radius 3 is 2.65 bits per heavy atom. The van der Waals surface area contributed by atoms with Crippen LogP contribution in [0.5, 0.6) is 0 Å². The maximum absolute atomic E-state index is 6.08. The molecule has 2 N–H and O–H groups in total. The molecule has 1 fully saturated rings. The van der Waals surface area contributed by atoms with Crippen molar-refractivity contribution in [3.63, 3.8) is 0 Å². The van der Waals surface area contributed by atoms with Crippen molar-refractivity contribution >= 4 is 39.1 Å². The van der Waals surface area contributed by atoms with Crippen LogP contribution in [0.2, 0.25) is 5.02 Å². The van der Waals surface area contributed by atoms with E-state index in [0.717, 1.165) is 16.0 Å². The van der Waals surface area contributed by atoms with Crippen LogP contribution in [0.15, 0.2) is 27.7 Å². The number of hydrogen-bond donors (Lipinski definition) is 1. The smallest absolute Gasteiger partial charge is 0.103 e. The van der Waals surface area contributed by atoms with Gasteiger partial charge in [0, 0.05) is 15.4 Å². The molecule has 0 amide bonds. The van der Waals surface area contributed by atoms with Gasteiger partial charge in [0.25, 0.3) is 0 Å². The van der Waals surface area contributed by atoms with Gasteiger partial charge >= 0.3 is 0 Å². The van der Waals surface area contributed by atoms with Crippen molar-refractivity contribution in [2.45, 2.75) is 32.1 Å². The summed E-state index contributed by atoms with van der Waals surface area (Å²) in [6.07, 6.45) is 6.20. The molecule has 2 rings (SSSR count). The number of hydrogen-bond acceptors (Lipinski definition) is 1. The van der Waals surface area contributed by atoms with Gasteiger partial charge in [-0.3, -0.25) is 0 Å². The second kappa shape index (κ2) is 5.87. The molecule has 0 unspecified atom stereocenters. The predicted molar refractivity (Wildman–Crippen MR) is 77.0 cm³/mol. The predicted octanol–water partition coefficient (Wildman–Crippen LogP) is 4.67. The van der Waals surface area contributed by atoms with Gasteiger partial charge in [-0.2, -0.15) is 0 Å². The summed E-state index contributed by atoms with van der Waals surface area (Å²) in [6.45, 7) is 0. The van der Waals surface area contributed by atoms with E-state index >= 15 is 0 Å². The first kappa shape index (κ1) is 12.9. The van der Waals surface area contributed by atoms with Crippen molar-refractivity contribution in [3.8, 4) is 0 Å². The number of nitrogens with two attached hydrogens (primary N) is 1. The van der Waals surface area contributed by atoms with Crippen LogP contribution < -0.4 is 5.73 Å². The monoisotopic (exact) mass is 314 g/mol. The zero-order valence-electron chi connectivity index (χ0n) is 9.63. The first-order valence-corrected chi connectivity index (χ1v) is 7.13. The van der Waals surface area contributed by atoms with Crippen molar-refractivity contribution in [2.24, 2.45) is 16.6 Å². The molecule has 0 spiro atoms. The standard InChI is InChI=1S/C13H16BrClN2/c14-11-8-10(15)6-7-12(11)17-13(16)9-4-2-1-3-5-9/h6-9H,1-5H2,(H2,16,17). The van der Waals surface area contributed by atoms with Crippen LogP contribution in [0.1, 0.15) is 32.1 Å². The Bertz CT molecular complexity index is 425. The summed E-state index contributed by atoms with van der Waals surface area (Å²) in [4.78, 5) is 4.51. The number of benzene rings is 1. The van der Waals surface area contributed by atoms with E-state index < -0.39 is 0 Å². The normalized spacial score (nSPS) is 18.4. The summed E-state index contributed by atoms with van der Waals surface area (Å²) in [5, 5.41) is 0.701. The summed E-state index contributed by atoms with van der Waals surface area (Å²) in [5.74, 6) is 1.21. The largest absolute Gasteiger partial charge is 0.387 e. The SMILES string of the molecule is NC(=Nc1ccc(Cl)cc1Br)C1CCCCC1. The minimum Gasteiger partial charge on any atom is -0.387 e. The van der Waals surface area contributed by atoms with Crippen molar-refractivity contribution in [1.29, 1.82) is 0 Å². The van der Waals surface area contributed by atoms with Gasteiger partial charge in [-0.15, -0.1) is 0 Å². The third-order valence-corrected chi connectivity index (χ3v) is 4.05. The van der Waals surface area contributed by atoms with Crippen LogP contribution in [0, 0.1) is 5.92 Å². The highest BCUT2D eigenvalue weighted by molar-refractivity contribution is 9.10. The van der Waals surface area contributed by atoms with Crippen LogP contribution in [0.4, 0.5) is 5.69 Å². The molecular weight excluding hydrogens is 300 g/mol. The van der Waals surface area contributed by atoms with Crippen molar-refractivity contribution in [1.82, 2.24) is 0 Å². The van der Waals surface area contributed by atoms with Gasteiger partial charge < -0.3 is 5.73 Å². The van der Waals surface area contributed by atoms with Crippen molar-refractivity contribution in [2.75, 3.05) is 0 Å². The average Bonchev–Trinajstić information content (AvgIpc) is 2.34. The first-order chi connectivity index (χ1) is 8.16. The highest BCUT2D eigenvalue weighted by atomic mass is 79.9. The second-order valence-corrected chi connectivity index (χ2v) is 5.76. The van der Waals surface area contributed by atoms with E-state index in [1.807, 2.05) is 18.2 Å². The molecule has 2 nitrogen and oxygen atoms in total. The van der Waals surface area contributed by atoms with E-state index in [-0.39, 0.29) is 0 Å². The fourth-order valence-electron chi connectivity index (χ4n) is 2.20. The number of amidine groups is 1. The number of halogens is 2. The Labute approximate surface area is 115 Å². The van der Waals surface area contributed by atoms with Gasteiger partial charge in [0.1, 0.15) is 5.84 Å².